The third-order valence-corrected chi connectivity index (χ3v) is 6.85. The number of nitrogens with one attached hydrogen (secondary N) is 1. The van der Waals surface area contributed by atoms with Gasteiger partial charge in [0.25, 0.3) is 5.56 Å². The van der Waals surface area contributed by atoms with E-state index in [-0.39, 0.29) is 34.8 Å². The van der Waals surface area contributed by atoms with Crippen molar-refractivity contribution in [2.75, 3.05) is 5.75 Å². The van der Waals surface area contributed by atoms with Crippen LogP contribution in [0.25, 0.3) is 5.69 Å². The van der Waals surface area contributed by atoms with E-state index in [2.05, 4.69) is 10.3 Å². The minimum Gasteiger partial charge on any atom is -0.351 e. The molecule has 2 aromatic carbocycles. The highest BCUT2D eigenvalue weighted by Crippen LogP contribution is 2.34. The number of benzene rings is 2. The van der Waals surface area contributed by atoms with Gasteiger partial charge in [-0.05, 0) is 42.0 Å². The van der Waals surface area contributed by atoms with Crippen LogP contribution in [0.1, 0.15) is 18.2 Å². The molecule has 1 amide bonds. The topological polar surface area (TPSA) is 64.0 Å². The van der Waals surface area contributed by atoms with Crippen molar-refractivity contribution in [1.29, 1.82) is 0 Å². The molecule has 9 heteroatoms. The van der Waals surface area contributed by atoms with Gasteiger partial charge in [0.05, 0.1) is 22.0 Å². The summed E-state index contributed by atoms with van der Waals surface area (Å²) in [6, 6.07) is 11.5. The lowest BCUT2D eigenvalue weighted by molar-refractivity contribution is -0.118. The number of amides is 1. The molecular formula is C22H19F2N3O2S2. The summed E-state index contributed by atoms with van der Waals surface area (Å²) in [5.41, 5.74) is 1.80. The summed E-state index contributed by atoms with van der Waals surface area (Å²) >= 11 is 2.63. The highest BCUT2D eigenvalue weighted by Gasteiger charge is 2.27. The lowest BCUT2D eigenvalue weighted by atomic mass is 10.2. The minimum atomic E-state index is -0.400. The summed E-state index contributed by atoms with van der Waals surface area (Å²) < 4.78 is 27.8. The normalized spacial score (nSPS) is 15.0. The van der Waals surface area contributed by atoms with Crippen LogP contribution in [0.4, 0.5) is 8.78 Å². The molecule has 0 saturated carbocycles. The molecule has 0 spiro atoms. The average molecular weight is 460 g/mol. The fourth-order valence-corrected chi connectivity index (χ4v) is 5.15. The number of thioether (sulfide) groups is 2. The van der Waals surface area contributed by atoms with Gasteiger partial charge in [0.2, 0.25) is 5.91 Å². The van der Waals surface area contributed by atoms with Gasteiger partial charge >= 0.3 is 0 Å². The standard InChI is InChI=1S/C22H19F2N3O2S2/c1-13-10-18-20(31-13)21(29)27(17-8-6-16(24)7-9-17)22(26-18)30-12-19(28)25-11-14-2-4-15(23)5-3-14/h2-9,13H,10-12H2,1H3,(H,25,28). The fraction of sp³-hybridized carbons (Fsp3) is 0.227. The minimum absolute atomic E-state index is 0.0519. The van der Waals surface area contributed by atoms with E-state index in [4.69, 9.17) is 0 Å². The van der Waals surface area contributed by atoms with Gasteiger partial charge in [0, 0.05) is 18.2 Å². The van der Waals surface area contributed by atoms with Crippen molar-refractivity contribution in [2.24, 2.45) is 0 Å². The molecule has 3 aromatic rings. The number of rotatable bonds is 6. The predicted molar refractivity (Wildman–Crippen MR) is 118 cm³/mol. The Labute approximate surface area is 186 Å². The fourth-order valence-electron chi connectivity index (χ4n) is 3.20. The van der Waals surface area contributed by atoms with Gasteiger partial charge in [-0.3, -0.25) is 14.2 Å². The molecule has 0 radical (unpaired) electrons. The zero-order valence-electron chi connectivity index (χ0n) is 16.6. The van der Waals surface area contributed by atoms with E-state index in [0.29, 0.717) is 22.2 Å². The third kappa shape index (κ3) is 4.99. The maximum atomic E-state index is 13.4. The molecule has 4 rings (SSSR count). The van der Waals surface area contributed by atoms with Crippen molar-refractivity contribution < 1.29 is 13.6 Å². The molecule has 0 fully saturated rings. The van der Waals surface area contributed by atoms with Crippen molar-refractivity contribution in [3.05, 3.63) is 81.8 Å². The molecule has 1 atom stereocenters. The van der Waals surface area contributed by atoms with E-state index < -0.39 is 5.82 Å². The van der Waals surface area contributed by atoms with Crippen LogP contribution in [0.5, 0.6) is 0 Å². The number of carbonyl (C=O) groups is 1. The van der Waals surface area contributed by atoms with Crippen molar-refractivity contribution >= 4 is 29.4 Å². The van der Waals surface area contributed by atoms with Crippen LogP contribution in [-0.4, -0.2) is 26.5 Å². The zero-order valence-corrected chi connectivity index (χ0v) is 18.2. The quantitative estimate of drug-likeness (QED) is 0.447. The predicted octanol–water partition coefficient (Wildman–Crippen LogP) is 3.96. The number of fused-ring (bicyclic) bond motifs is 1. The number of nitrogens with zero attached hydrogens (tertiary/aromatic N) is 2. The largest absolute Gasteiger partial charge is 0.351 e. The van der Waals surface area contributed by atoms with Gasteiger partial charge in [-0.1, -0.05) is 30.8 Å². The summed E-state index contributed by atoms with van der Waals surface area (Å²) in [7, 11) is 0. The summed E-state index contributed by atoms with van der Waals surface area (Å²) in [5.74, 6) is -0.920. The molecule has 1 aromatic heterocycles. The van der Waals surface area contributed by atoms with Crippen LogP contribution in [0.3, 0.4) is 0 Å². The second kappa shape index (κ2) is 9.23. The molecule has 0 saturated heterocycles. The first-order valence-corrected chi connectivity index (χ1v) is 11.5. The molecule has 1 aliphatic heterocycles. The maximum Gasteiger partial charge on any atom is 0.272 e. The average Bonchev–Trinajstić information content (AvgIpc) is 3.13. The Kier molecular flexibility index (Phi) is 6.43. The molecule has 0 aliphatic carbocycles. The number of halogens is 2. The Morgan fingerprint density at radius 3 is 2.48 bits per heavy atom. The van der Waals surface area contributed by atoms with Crippen molar-refractivity contribution in [1.82, 2.24) is 14.9 Å². The number of hydrogen-bond donors (Lipinski definition) is 1. The molecule has 5 nitrogen and oxygen atoms in total. The Balaban J connectivity index is 1.54. The Morgan fingerprint density at radius 1 is 1.16 bits per heavy atom. The molecular weight excluding hydrogens is 440 g/mol. The molecule has 1 aliphatic rings. The zero-order chi connectivity index (χ0) is 22.0. The van der Waals surface area contributed by atoms with Gasteiger partial charge < -0.3 is 5.32 Å². The monoisotopic (exact) mass is 459 g/mol. The van der Waals surface area contributed by atoms with Gasteiger partial charge in [0.1, 0.15) is 11.6 Å². The van der Waals surface area contributed by atoms with E-state index in [1.165, 1.54) is 52.7 Å². The van der Waals surface area contributed by atoms with E-state index in [9.17, 15) is 18.4 Å². The second-order valence-corrected chi connectivity index (χ2v) is 9.50. The van der Waals surface area contributed by atoms with Crippen LogP contribution in [0.15, 0.2) is 63.4 Å². The first-order valence-electron chi connectivity index (χ1n) is 9.63. The summed E-state index contributed by atoms with van der Waals surface area (Å²) in [6.45, 7) is 2.31. The van der Waals surface area contributed by atoms with Crippen LogP contribution >= 0.6 is 23.5 Å². The van der Waals surface area contributed by atoms with Crippen molar-refractivity contribution in [3.8, 4) is 5.69 Å². The Morgan fingerprint density at radius 2 is 1.81 bits per heavy atom. The molecule has 0 bridgehead atoms. The second-order valence-electron chi connectivity index (χ2n) is 7.11. The first-order chi connectivity index (χ1) is 14.9. The summed E-state index contributed by atoms with van der Waals surface area (Å²) in [5, 5.41) is 3.42. The summed E-state index contributed by atoms with van der Waals surface area (Å²) in [6.07, 6.45) is 0.684. The van der Waals surface area contributed by atoms with Gasteiger partial charge in [-0.25, -0.2) is 13.8 Å². The van der Waals surface area contributed by atoms with Crippen LogP contribution < -0.4 is 10.9 Å². The van der Waals surface area contributed by atoms with Gasteiger partial charge in [-0.2, -0.15) is 0 Å². The molecule has 2 heterocycles. The lowest BCUT2D eigenvalue weighted by Crippen LogP contribution is -2.27. The SMILES string of the molecule is CC1Cc2nc(SCC(=O)NCc3ccc(F)cc3)n(-c3ccc(F)cc3)c(=O)c2S1. The van der Waals surface area contributed by atoms with Crippen LogP contribution in [0, 0.1) is 11.6 Å². The molecule has 160 valence electrons. The smallest absolute Gasteiger partial charge is 0.272 e. The van der Waals surface area contributed by atoms with Crippen molar-refractivity contribution in [3.63, 3.8) is 0 Å². The van der Waals surface area contributed by atoms with E-state index in [1.54, 1.807) is 12.1 Å². The molecule has 1 N–H and O–H groups in total. The first kappa shape index (κ1) is 21.6. The highest BCUT2D eigenvalue weighted by atomic mass is 32.2. The molecule has 31 heavy (non-hydrogen) atoms. The van der Waals surface area contributed by atoms with Crippen molar-refractivity contribution in [2.45, 2.75) is 35.2 Å². The highest BCUT2D eigenvalue weighted by molar-refractivity contribution is 8.00. The number of hydrogen-bond acceptors (Lipinski definition) is 5. The number of carbonyl (C=O) groups excluding carboxylic acids is 1. The van der Waals surface area contributed by atoms with Crippen LogP contribution in [0.2, 0.25) is 0 Å². The third-order valence-electron chi connectivity index (χ3n) is 4.70. The van der Waals surface area contributed by atoms with Gasteiger partial charge in [-0.15, -0.1) is 11.8 Å². The van der Waals surface area contributed by atoms with E-state index >= 15 is 0 Å². The Hall–Kier alpha value is -2.65. The van der Waals surface area contributed by atoms with Crippen LogP contribution in [-0.2, 0) is 17.8 Å². The number of aromatic nitrogens is 2. The van der Waals surface area contributed by atoms with Gasteiger partial charge in [0.15, 0.2) is 5.16 Å². The summed E-state index contributed by atoms with van der Waals surface area (Å²) in [4.78, 5) is 30.8. The van der Waals surface area contributed by atoms with E-state index in [1.807, 2.05) is 6.92 Å². The Bertz CT molecular complexity index is 1170. The maximum absolute atomic E-state index is 13.4. The lowest BCUT2D eigenvalue weighted by Gasteiger charge is -2.13. The molecule has 1 unspecified atom stereocenters. The van der Waals surface area contributed by atoms with E-state index in [0.717, 1.165) is 23.0 Å².